The van der Waals surface area contributed by atoms with E-state index in [9.17, 15) is 4.79 Å². The third-order valence-electron chi connectivity index (χ3n) is 2.84. The van der Waals surface area contributed by atoms with E-state index in [1.54, 1.807) is 6.07 Å². The Bertz CT molecular complexity index is 595. The van der Waals surface area contributed by atoms with Gasteiger partial charge in [-0.05, 0) is 29.8 Å². The molecule has 1 N–H and O–H groups in total. The van der Waals surface area contributed by atoms with Crippen LogP contribution in [0.1, 0.15) is 11.6 Å². The van der Waals surface area contributed by atoms with Gasteiger partial charge in [-0.2, -0.15) is 0 Å². The van der Waals surface area contributed by atoms with E-state index in [1.807, 2.05) is 42.5 Å². The lowest BCUT2D eigenvalue weighted by Gasteiger charge is -2.25. The highest BCUT2D eigenvalue weighted by atomic mass is 79.9. The molecule has 0 amide bonds. The predicted octanol–water partition coefficient (Wildman–Crippen LogP) is 3.52. The molecule has 0 fully saturated rings. The molecule has 1 aliphatic heterocycles. The first kappa shape index (κ1) is 11.3. The number of carbonyl (C=O) groups excluding carboxylic acids is 1. The van der Waals surface area contributed by atoms with Crippen LogP contribution in [0.3, 0.4) is 0 Å². The number of fused-ring (bicyclic) bond motifs is 1. The number of benzene rings is 2. The lowest BCUT2D eigenvalue weighted by molar-refractivity contribution is -0.136. The molecule has 18 heavy (non-hydrogen) atoms. The predicted molar refractivity (Wildman–Crippen MR) is 72.6 cm³/mol. The van der Waals surface area contributed by atoms with E-state index < -0.39 is 6.04 Å². The average Bonchev–Trinajstić information content (AvgIpc) is 2.39. The molecule has 1 atom stereocenters. The van der Waals surface area contributed by atoms with Gasteiger partial charge in [0.05, 0.1) is 5.69 Å². The quantitative estimate of drug-likeness (QED) is 0.647. The zero-order valence-electron chi connectivity index (χ0n) is 9.39. The molecule has 0 aromatic heterocycles. The van der Waals surface area contributed by atoms with Gasteiger partial charge in [0.15, 0.2) is 11.8 Å². The van der Waals surface area contributed by atoms with Crippen LogP contribution in [0.2, 0.25) is 0 Å². The number of esters is 1. The molecule has 2 aromatic rings. The van der Waals surface area contributed by atoms with E-state index in [2.05, 4.69) is 21.2 Å². The van der Waals surface area contributed by atoms with Crippen LogP contribution < -0.4 is 10.1 Å². The molecule has 0 saturated carbocycles. The van der Waals surface area contributed by atoms with Gasteiger partial charge in [0, 0.05) is 4.47 Å². The second-order valence-electron chi connectivity index (χ2n) is 4.05. The molecule has 3 nitrogen and oxygen atoms in total. The Kier molecular flexibility index (Phi) is 2.80. The van der Waals surface area contributed by atoms with Crippen LogP contribution in [-0.4, -0.2) is 5.97 Å². The molecule has 3 rings (SSSR count). The molecule has 0 aliphatic carbocycles. The Balaban J connectivity index is 1.95. The summed E-state index contributed by atoms with van der Waals surface area (Å²) in [5.41, 5.74) is 1.72. The number of ether oxygens (including phenoxy) is 1. The third-order valence-corrected chi connectivity index (χ3v) is 3.37. The second kappa shape index (κ2) is 4.46. The molecule has 0 bridgehead atoms. The lowest BCUT2D eigenvalue weighted by Crippen LogP contribution is -2.29. The highest BCUT2D eigenvalue weighted by Gasteiger charge is 2.28. The second-order valence-corrected chi connectivity index (χ2v) is 4.96. The third kappa shape index (κ3) is 1.99. The number of anilines is 1. The number of para-hydroxylation sites is 2. The topological polar surface area (TPSA) is 38.3 Å². The number of rotatable bonds is 1. The van der Waals surface area contributed by atoms with Crippen molar-refractivity contribution in [3.8, 4) is 5.75 Å². The Labute approximate surface area is 113 Å². The van der Waals surface area contributed by atoms with Gasteiger partial charge in [-0.25, -0.2) is 4.79 Å². The van der Waals surface area contributed by atoms with Crippen LogP contribution in [0.15, 0.2) is 53.0 Å². The molecule has 90 valence electrons. The van der Waals surface area contributed by atoms with Gasteiger partial charge in [-0.3, -0.25) is 0 Å². The van der Waals surface area contributed by atoms with Gasteiger partial charge in [0.1, 0.15) is 0 Å². The summed E-state index contributed by atoms with van der Waals surface area (Å²) < 4.78 is 6.30. The van der Waals surface area contributed by atoms with Crippen LogP contribution in [0.25, 0.3) is 0 Å². The average molecular weight is 304 g/mol. The van der Waals surface area contributed by atoms with Gasteiger partial charge in [-0.1, -0.05) is 40.2 Å². The minimum atomic E-state index is -0.451. The Morgan fingerprint density at radius 2 is 1.78 bits per heavy atom. The first-order valence-corrected chi connectivity index (χ1v) is 6.36. The fourth-order valence-electron chi connectivity index (χ4n) is 1.93. The van der Waals surface area contributed by atoms with Crippen LogP contribution in [-0.2, 0) is 4.79 Å². The number of nitrogens with one attached hydrogen (secondary N) is 1. The van der Waals surface area contributed by atoms with Crippen molar-refractivity contribution < 1.29 is 9.53 Å². The van der Waals surface area contributed by atoms with Gasteiger partial charge in [0.2, 0.25) is 0 Å². The van der Waals surface area contributed by atoms with E-state index in [0.29, 0.717) is 5.75 Å². The molecule has 0 saturated heterocycles. The Morgan fingerprint density at radius 1 is 1.06 bits per heavy atom. The first-order chi connectivity index (χ1) is 8.74. The van der Waals surface area contributed by atoms with Gasteiger partial charge in [0.25, 0.3) is 0 Å². The Hall–Kier alpha value is -1.81. The summed E-state index contributed by atoms with van der Waals surface area (Å²) >= 11 is 3.37. The van der Waals surface area contributed by atoms with E-state index in [1.165, 1.54) is 0 Å². The molecule has 0 radical (unpaired) electrons. The van der Waals surface area contributed by atoms with Crippen LogP contribution in [0, 0.1) is 0 Å². The van der Waals surface area contributed by atoms with Crippen molar-refractivity contribution in [2.45, 2.75) is 6.04 Å². The van der Waals surface area contributed by atoms with Crippen molar-refractivity contribution in [2.24, 2.45) is 0 Å². The van der Waals surface area contributed by atoms with E-state index in [-0.39, 0.29) is 5.97 Å². The summed E-state index contributed by atoms with van der Waals surface area (Å²) in [6.07, 6.45) is 0. The van der Waals surface area contributed by atoms with Crippen molar-refractivity contribution in [1.29, 1.82) is 0 Å². The molecule has 4 heteroatoms. The van der Waals surface area contributed by atoms with Crippen molar-refractivity contribution in [3.63, 3.8) is 0 Å². The normalized spacial score (nSPS) is 17.6. The maximum absolute atomic E-state index is 11.9. The number of hydrogen-bond donors (Lipinski definition) is 1. The molecule has 0 unspecified atom stereocenters. The highest BCUT2D eigenvalue weighted by molar-refractivity contribution is 9.10. The van der Waals surface area contributed by atoms with Crippen molar-refractivity contribution in [1.82, 2.24) is 0 Å². The maximum Gasteiger partial charge on any atom is 0.338 e. The van der Waals surface area contributed by atoms with Crippen molar-refractivity contribution in [2.75, 3.05) is 5.32 Å². The molecular weight excluding hydrogens is 294 g/mol. The van der Waals surface area contributed by atoms with Crippen molar-refractivity contribution in [3.05, 3.63) is 58.6 Å². The monoisotopic (exact) mass is 303 g/mol. The number of halogens is 1. The van der Waals surface area contributed by atoms with E-state index in [0.717, 1.165) is 15.7 Å². The van der Waals surface area contributed by atoms with Crippen LogP contribution in [0.5, 0.6) is 5.75 Å². The van der Waals surface area contributed by atoms with Gasteiger partial charge < -0.3 is 10.1 Å². The van der Waals surface area contributed by atoms with Gasteiger partial charge in [-0.15, -0.1) is 0 Å². The number of hydrogen-bond acceptors (Lipinski definition) is 3. The summed E-state index contributed by atoms with van der Waals surface area (Å²) in [4.78, 5) is 11.9. The largest absolute Gasteiger partial charge is 0.423 e. The summed E-state index contributed by atoms with van der Waals surface area (Å²) in [6.45, 7) is 0. The summed E-state index contributed by atoms with van der Waals surface area (Å²) in [7, 11) is 0. The molecule has 2 aromatic carbocycles. The summed E-state index contributed by atoms with van der Waals surface area (Å²) in [5, 5.41) is 3.19. The van der Waals surface area contributed by atoms with E-state index >= 15 is 0 Å². The molecule has 1 heterocycles. The zero-order valence-corrected chi connectivity index (χ0v) is 11.0. The molecule has 1 aliphatic rings. The minimum absolute atomic E-state index is 0.281. The Morgan fingerprint density at radius 3 is 2.56 bits per heavy atom. The van der Waals surface area contributed by atoms with Crippen LogP contribution in [0.4, 0.5) is 5.69 Å². The van der Waals surface area contributed by atoms with Crippen molar-refractivity contribution >= 4 is 27.6 Å². The minimum Gasteiger partial charge on any atom is -0.423 e. The molecule has 0 spiro atoms. The van der Waals surface area contributed by atoms with E-state index in [4.69, 9.17) is 4.74 Å². The SMILES string of the molecule is O=C1Oc2ccccc2N[C@@H]1c1ccc(Br)cc1. The summed E-state index contributed by atoms with van der Waals surface area (Å²) in [6, 6.07) is 14.6. The standard InChI is InChI=1S/C14H10BrNO2/c15-10-7-5-9(6-8-10)13-14(17)18-12-4-2-1-3-11(12)16-13/h1-8,13,16H/t13-/m1/s1. The number of carbonyl (C=O) groups is 1. The lowest BCUT2D eigenvalue weighted by atomic mass is 10.1. The first-order valence-electron chi connectivity index (χ1n) is 5.57. The smallest absolute Gasteiger partial charge is 0.338 e. The fraction of sp³-hybridized carbons (Fsp3) is 0.0714. The fourth-order valence-corrected chi connectivity index (χ4v) is 2.20. The summed E-state index contributed by atoms with van der Waals surface area (Å²) in [5.74, 6) is 0.298. The highest BCUT2D eigenvalue weighted by Crippen LogP contribution is 2.34. The molecular formula is C14H10BrNO2. The van der Waals surface area contributed by atoms with Gasteiger partial charge >= 0.3 is 5.97 Å². The maximum atomic E-state index is 11.9. The van der Waals surface area contributed by atoms with Crippen LogP contribution >= 0.6 is 15.9 Å². The zero-order chi connectivity index (χ0) is 12.5.